The summed E-state index contributed by atoms with van der Waals surface area (Å²) in [4.78, 5) is 25.3. The second-order valence-electron chi connectivity index (χ2n) is 5.66. The molecule has 0 spiro atoms. The van der Waals surface area contributed by atoms with Crippen LogP contribution in [-0.4, -0.2) is 46.5 Å². The number of hydrogen-bond donors (Lipinski definition) is 1. The van der Waals surface area contributed by atoms with Gasteiger partial charge >= 0.3 is 5.97 Å². The topological polar surface area (TPSA) is 57.6 Å². The number of carbonyl (C=O) groups is 2. The average molecular weight is 321 g/mol. The summed E-state index contributed by atoms with van der Waals surface area (Å²) in [6.45, 7) is 3.64. The maximum absolute atomic E-state index is 12.2. The van der Waals surface area contributed by atoms with Crippen LogP contribution >= 0.6 is 11.8 Å². The molecule has 22 heavy (non-hydrogen) atoms. The van der Waals surface area contributed by atoms with E-state index in [9.17, 15) is 9.59 Å². The molecule has 0 bridgehead atoms. The van der Waals surface area contributed by atoms with E-state index >= 15 is 0 Å². The summed E-state index contributed by atoms with van der Waals surface area (Å²) in [5, 5.41) is 9.10. The first-order chi connectivity index (χ1) is 10.6. The molecule has 1 aliphatic heterocycles. The number of carbonyl (C=O) groups excluding carboxylic acids is 1. The van der Waals surface area contributed by atoms with Crippen molar-refractivity contribution in [3.8, 4) is 0 Å². The van der Waals surface area contributed by atoms with Crippen LogP contribution < -0.4 is 0 Å². The molecule has 1 saturated heterocycles. The third kappa shape index (κ3) is 4.50. The lowest BCUT2D eigenvalue weighted by Gasteiger charge is -2.33. The minimum atomic E-state index is -0.901. The lowest BCUT2D eigenvalue weighted by molar-refractivity contribution is -0.129. The van der Waals surface area contributed by atoms with E-state index in [1.165, 1.54) is 0 Å². The minimum Gasteiger partial charge on any atom is -0.478 e. The zero-order valence-corrected chi connectivity index (χ0v) is 13.8. The molecule has 0 saturated carbocycles. The van der Waals surface area contributed by atoms with Gasteiger partial charge in [-0.2, -0.15) is 11.8 Å². The van der Waals surface area contributed by atoms with Crippen LogP contribution in [0.3, 0.4) is 0 Å². The van der Waals surface area contributed by atoms with Gasteiger partial charge < -0.3 is 10.0 Å². The van der Waals surface area contributed by atoms with Gasteiger partial charge in [0, 0.05) is 19.0 Å². The number of aromatic carboxylic acids is 1. The van der Waals surface area contributed by atoms with E-state index in [0.29, 0.717) is 17.9 Å². The van der Waals surface area contributed by atoms with Crippen LogP contribution in [0.25, 0.3) is 0 Å². The number of amides is 1. The number of rotatable bonds is 6. The summed E-state index contributed by atoms with van der Waals surface area (Å²) in [7, 11) is 0. The first-order valence-corrected chi connectivity index (χ1v) is 8.96. The second kappa shape index (κ2) is 8.22. The van der Waals surface area contributed by atoms with E-state index in [4.69, 9.17) is 5.11 Å². The van der Waals surface area contributed by atoms with Gasteiger partial charge in [0.15, 0.2) is 0 Å². The molecule has 1 fully saturated rings. The van der Waals surface area contributed by atoms with Crippen LogP contribution in [0, 0.1) is 0 Å². The minimum absolute atomic E-state index is 0.206. The molecule has 1 aromatic rings. The number of thioether (sulfide) groups is 1. The van der Waals surface area contributed by atoms with E-state index < -0.39 is 5.97 Å². The van der Waals surface area contributed by atoms with Crippen LogP contribution in [-0.2, 0) is 4.79 Å². The Bertz CT molecular complexity index is 532. The van der Waals surface area contributed by atoms with Gasteiger partial charge in [0.2, 0.25) is 5.91 Å². The first kappa shape index (κ1) is 16.9. The molecule has 1 atom stereocenters. The maximum Gasteiger partial charge on any atom is 0.335 e. The Labute approximate surface area is 135 Å². The fourth-order valence-electron chi connectivity index (χ4n) is 2.80. The first-order valence-electron chi connectivity index (χ1n) is 7.80. The molecular formula is C17H23NO3S. The fourth-order valence-corrected chi connectivity index (χ4v) is 3.59. The van der Waals surface area contributed by atoms with Gasteiger partial charge in [-0.15, -0.1) is 0 Å². The normalized spacial score (nSPS) is 18.2. The highest BCUT2D eigenvalue weighted by Gasteiger charge is 2.24. The fraction of sp³-hybridized carbons (Fsp3) is 0.529. The highest BCUT2D eigenvalue weighted by molar-refractivity contribution is 7.99. The molecule has 0 unspecified atom stereocenters. The van der Waals surface area contributed by atoms with Crippen molar-refractivity contribution in [1.82, 2.24) is 4.90 Å². The Hall–Kier alpha value is -1.49. The standard InChI is InChI=1S/C17H23NO3S/c1-2-9-22-12-16(19)18-8-4-7-15(11-18)13-5-3-6-14(10-13)17(20)21/h3,5-6,10,15H,2,4,7-9,11-12H2,1H3,(H,20,21)/t15-/m1/s1. The van der Waals surface area contributed by atoms with Crippen molar-refractivity contribution >= 4 is 23.6 Å². The molecule has 1 N–H and O–H groups in total. The number of piperidine rings is 1. The SMILES string of the molecule is CCCSCC(=O)N1CCC[C@@H](c2cccc(C(=O)O)c2)C1. The lowest BCUT2D eigenvalue weighted by atomic mass is 9.89. The van der Waals surface area contributed by atoms with Crippen molar-refractivity contribution in [2.24, 2.45) is 0 Å². The molecule has 0 aromatic heterocycles. The van der Waals surface area contributed by atoms with Crippen molar-refractivity contribution in [1.29, 1.82) is 0 Å². The van der Waals surface area contributed by atoms with Gasteiger partial charge in [0.1, 0.15) is 0 Å². The number of benzene rings is 1. The number of carboxylic acid groups (broad SMARTS) is 1. The predicted octanol–water partition coefficient (Wildman–Crippen LogP) is 3.23. The van der Waals surface area contributed by atoms with E-state index in [0.717, 1.165) is 37.1 Å². The monoisotopic (exact) mass is 321 g/mol. The van der Waals surface area contributed by atoms with Crippen molar-refractivity contribution in [3.05, 3.63) is 35.4 Å². The third-order valence-electron chi connectivity index (χ3n) is 3.95. The number of hydrogen-bond acceptors (Lipinski definition) is 3. The molecular weight excluding hydrogens is 298 g/mol. The van der Waals surface area contributed by atoms with E-state index in [2.05, 4.69) is 6.92 Å². The van der Waals surface area contributed by atoms with Gasteiger partial charge in [-0.1, -0.05) is 19.1 Å². The van der Waals surface area contributed by atoms with Crippen molar-refractivity contribution in [3.63, 3.8) is 0 Å². The van der Waals surface area contributed by atoms with Crippen LogP contribution in [0.2, 0.25) is 0 Å². The molecule has 1 aliphatic rings. The molecule has 4 nitrogen and oxygen atoms in total. The molecule has 0 aliphatic carbocycles. The largest absolute Gasteiger partial charge is 0.478 e. The summed E-state index contributed by atoms with van der Waals surface area (Å²) in [5.41, 5.74) is 1.35. The summed E-state index contributed by atoms with van der Waals surface area (Å²) in [6.07, 6.45) is 3.07. The van der Waals surface area contributed by atoms with Crippen LogP contribution in [0.1, 0.15) is 48.0 Å². The van der Waals surface area contributed by atoms with Gasteiger partial charge in [-0.05, 0) is 42.7 Å². The Kier molecular flexibility index (Phi) is 6.31. The zero-order valence-electron chi connectivity index (χ0n) is 13.0. The Morgan fingerprint density at radius 1 is 1.41 bits per heavy atom. The summed E-state index contributed by atoms with van der Waals surface area (Å²) >= 11 is 1.69. The van der Waals surface area contributed by atoms with E-state index in [-0.39, 0.29) is 11.8 Å². The lowest BCUT2D eigenvalue weighted by Crippen LogP contribution is -2.40. The Morgan fingerprint density at radius 3 is 2.95 bits per heavy atom. The Morgan fingerprint density at radius 2 is 2.23 bits per heavy atom. The van der Waals surface area contributed by atoms with Gasteiger partial charge in [0.05, 0.1) is 11.3 Å². The summed E-state index contributed by atoms with van der Waals surface area (Å²) in [5.74, 6) is 1.12. The molecule has 1 heterocycles. The second-order valence-corrected chi connectivity index (χ2v) is 6.77. The van der Waals surface area contributed by atoms with Gasteiger partial charge in [-0.25, -0.2) is 4.79 Å². The van der Waals surface area contributed by atoms with Crippen molar-refractivity contribution in [2.45, 2.75) is 32.1 Å². The highest BCUT2D eigenvalue weighted by Crippen LogP contribution is 2.28. The summed E-state index contributed by atoms with van der Waals surface area (Å²) < 4.78 is 0. The number of likely N-dealkylation sites (tertiary alicyclic amines) is 1. The van der Waals surface area contributed by atoms with Gasteiger partial charge in [-0.3, -0.25) is 4.79 Å². The Balaban J connectivity index is 1.99. The predicted molar refractivity (Wildman–Crippen MR) is 89.6 cm³/mol. The van der Waals surface area contributed by atoms with E-state index in [1.54, 1.807) is 30.0 Å². The third-order valence-corrected chi connectivity index (χ3v) is 5.10. The maximum atomic E-state index is 12.2. The molecule has 120 valence electrons. The van der Waals surface area contributed by atoms with Crippen molar-refractivity contribution < 1.29 is 14.7 Å². The molecule has 5 heteroatoms. The van der Waals surface area contributed by atoms with Crippen molar-refractivity contribution in [2.75, 3.05) is 24.6 Å². The average Bonchev–Trinajstić information content (AvgIpc) is 2.55. The molecule has 0 radical (unpaired) electrons. The summed E-state index contributed by atoms with van der Waals surface area (Å²) in [6, 6.07) is 7.11. The molecule has 2 rings (SSSR count). The molecule has 1 amide bonds. The van der Waals surface area contributed by atoms with Crippen LogP contribution in [0.4, 0.5) is 0 Å². The zero-order chi connectivity index (χ0) is 15.9. The number of carboxylic acids is 1. The van der Waals surface area contributed by atoms with Gasteiger partial charge in [0.25, 0.3) is 0 Å². The van der Waals surface area contributed by atoms with E-state index in [1.807, 2.05) is 11.0 Å². The van der Waals surface area contributed by atoms with Crippen LogP contribution in [0.5, 0.6) is 0 Å². The highest BCUT2D eigenvalue weighted by atomic mass is 32.2. The quantitative estimate of drug-likeness (QED) is 0.817. The smallest absolute Gasteiger partial charge is 0.335 e. The molecule has 1 aromatic carbocycles. The van der Waals surface area contributed by atoms with Crippen LogP contribution in [0.15, 0.2) is 24.3 Å². The number of nitrogens with zero attached hydrogens (tertiary/aromatic N) is 1.